The molecule has 2 rings (SSSR count). The average molecular weight is 277 g/mol. The zero-order chi connectivity index (χ0) is 14.1. The highest BCUT2D eigenvalue weighted by Gasteiger charge is 2.21. The van der Waals surface area contributed by atoms with Crippen LogP contribution in [0.15, 0.2) is 45.7 Å². The van der Waals surface area contributed by atoms with E-state index < -0.39 is 10.0 Å². The molecule has 102 valence electrons. The number of sulfonamides is 1. The van der Waals surface area contributed by atoms with Crippen molar-refractivity contribution >= 4 is 15.7 Å². The first-order chi connectivity index (χ1) is 8.78. The Hall–Kier alpha value is -1.42. The number of benzene rings is 1. The minimum atomic E-state index is -3.58. The van der Waals surface area contributed by atoms with Crippen molar-refractivity contribution in [3.05, 3.63) is 42.0 Å². The summed E-state index contributed by atoms with van der Waals surface area (Å²) in [7, 11) is -3.58. The number of hydrogen-bond acceptors (Lipinski definition) is 2. The van der Waals surface area contributed by atoms with Gasteiger partial charge in [-0.1, -0.05) is 37.6 Å². The number of nitrogens with zero attached hydrogens (tertiary/aromatic N) is 1. The van der Waals surface area contributed by atoms with E-state index in [0.29, 0.717) is 12.1 Å². The first-order valence-corrected chi connectivity index (χ1v) is 7.82. The van der Waals surface area contributed by atoms with Gasteiger partial charge in [-0.2, -0.15) is 12.8 Å². The summed E-state index contributed by atoms with van der Waals surface area (Å²) >= 11 is 0. The van der Waals surface area contributed by atoms with E-state index in [1.54, 1.807) is 24.3 Å². The summed E-state index contributed by atoms with van der Waals surface area (Å²) in [6, 6.07) is 6.77. The third kappa shape index (κ3) is 3.53. The van der Waals surface area contributed by atoms with Crippen LogP contribution in [0.5, 0.6) is 0 Å². The Labute approximate surface area is 115 Å². The molecule has 0 radical (unpaired) electrons. The molecule has 0 amide bonds. The monoisotopic (exact) mass is 277 g/mol. The van der Waals surface area contributed by atoms with Gasteiger partial charge in [-0.3, -0.25) is 0 Å². The molecule has 0 fully saturated rings. The molecule has 0 saturated carbocycles. The smallest absolute Gasteiger partial charge is 0.199 e. The Morgan fingerprint density at radius 3 is 2.32 bits per heavy atom. The molecule has 0 saturated heterocycles. The number of allylic oxidation sites excluding steroid dienone is 2. The molecule has 1 aliphatic carbocycles. The lowest BCUT2D eigenvalue weighted by molar-refractivity contribution is 0.442. The van der Waals surface area contributed by atoms with E-state index in [-0.39, 0.29) is 10.3 Å². The van der Waals surface area contributed by atoms with Gasteiger partial charge in [0.2, 0.25) is 0 Å². The Bertz CT molecular complexity index is 623. The average Bonchev–Trinajstić information content (AvgIpc) is 2.32. The van der Waals surface area contributed by atoms with Crippen LogP contribution in [-0.4, -0.2) is 14.1 Å². The van der Waals surface area contributed by atoms with E-state index >= 15 is 0 Å². The first kappa shape index (κ1) is 14.0. The van der Waals surface area contributed by atoms with Gasteiger partial charge >= 0.3 is 0 Å². The Morgan fingerprint density at radius 1 is 1.16 bits per heavy atom. The van der Waals surface area contributed by atoms with Gasteiger partial charge in [-0.15, -0.1) is 0 Å². The van der Waals surface area contributed by atoms with Crippen LogP contribution >= 0.6 is 0 Å². The van der Waals surface area contributed by atoms with Gasteiger partial charge < -0.3 is 0 Å². The molecular weight excluding hydrogens is 258 g/mol. The highest BCUT2D eigenvalue weighted by atomic mass is 32.2. The second-order valence-electron chi connectivity index (χ2n) is 5.69. The standard InChI is InChI=1S/C15H19NO2S/c1-12-4-6-14(7-5-12)19(17,18)16-13-8-10-15(2,3)11-9-13/h4-8,10H,9,11H2,1-3H3/b16-13+. The molecule has 1 aliphatic rings. The van der Waals surface area contributed by atoms with E-state index in [4.69, 9.17) is 0 Å². The molecule has 0 unspecified atom stereocenters. The third-order valence-electron chi connectivity index (χ3n) is 3.31. The highest BCUT2D eigenvalue weighted by Crippen LogP contribution is 2.29. The summed E-state index contributed by atoms with van der Waals surface area (Å²) in [4.78, 5) is 0.254. The van der Waals surface area contributed by atoms with Crippen molar-refractivity contribution in [2.45, 2.75) is 38.5 Å². The number of aryl methyl sites for hydroxylation is 1. The van der Waals surface area contributed by atoms with Gasteiger partial charge in [0, 0.05) is 0 Å². The van der Waals surface area contributed by atoms with Crippen molar-refractivity contribution in [3.8, 4) is 0 Å². The van der Waals surface area contributed by atoms with E-state index in [1.165, 1.54) is 0 Å². The third-order valence-corrected chi connectivity index (χ3v) is 4.65. The molecule has 19 heavy (non-hydrogen) atoms. The van der Waals surface area contributed by atoms with Crippen molar-refractivity contribution < 1.29 is 8.42 Å². The fourth-order valence-electron chi connectivity index (χ4n) is 1.93. The highest BCUT2D eigenvalue weighted by molar-refractivity contribution is 7.90. The molecule has 0 heterocycles. The summed E-state index contributed by atoms with van der Waals surface area (Å²) in [5.41, 5.74) is 1.80. The van der Waals surface area contributed by atoms with Crippen LogP contribution in [-0.2, 0) is 10.0 Å². The van der Waals surface area contributed by atoms with Gasteiger partial charge in [0.15, 0.2) is 0 Å². The summed E-state index contributed by atoms with van der Waals surface area (Å²) in [6.07, 6.45) is 5.48. The van der Waals surface area contributed by atoms with Gasteiger partial charge in [0.1, 0.15) is 0 Å². The topological polar surface area (TPSA) is 46.5 Å². The maximum Gasteiger partial charge on any atom is 0.282 e. The van der Waals surface area contributed by atoms with Gasteiger partial charge in [0.05, 0.1) is 10.6 Å². The lowest BCUT2D eigenvalue weighted by Gasteiger charge is -2.23. The maximum atomic E-state index is 12.2. The molecule has 0 N–H and O–H groups in total. The first-order valence-electron chi connectivity index (χ1n) is 6.38. The Morgan fingerprint density at radius 2 is 1.79 bits per heavy atom. The Balaban J connectivity index is 2.30. The molecule has 0 atom stereocenters. The summed E-state index contributed by atoms with van der Waals surface area (Å²) in [5, 5.41) is 0. The second-order valence-corrected chi connectivity index (χ2v) is 7.30. The minimum absolute atomic E-state index is 0.132. The van der Waals surface area contributed by atoms with Gasteiger partial charge in [-0.05, 0) is 43.4 Å². The molecule has 0 aliphatic heterocycles. The van der Waals surface area contributed by atoms with E-state index in [2.05, 4.69) is 18.2 Å². The molecule has 1 aromatic carbocycles. The number of rotatable bonds is 2. The summed E-state index contributed by atoms with van der Waals surface area (Å²) in [6.45, 7) is 6.19. The second kappa shape index (κ2) is 4.93. The summed E-state index contributed by atoms with van der Waals surface area (Å²) < 4.78 is 28.2. The van der Waals surface area contributed by atoms with Crippen LogP contribution in [0, 0.1) is 12.3 Å². The quantitative estimate of drug-likeness (QED) is 0.830. The van der Waals surface area contributed by atoms with Crippen LogP contribution in [0.3, 0.4) is 0 Å². The molecule has 3 nitrogen and oxygen atoms in total. The zero-order valence-corrected chi connectivity index (χ0v) is 12.4. The van der Waals surface area contributed by atoms with E-state index in [0.717, 1.165) is 12.0 Å². The molecule has 0 bridgehead atoms. The zero-order valence-electron chi connectivity index (χ0n) is 11.6. The van der Waals surface area contributed by atoms with Crippen LogP contribution in [0.1, 0.15) is 32.3 Å². The van der Waals surface area contributed by atoms with Crippen molar-refractivity contribution in [1.29, 1.82) is 0 Å². The van der Waals surface area contributed by atoms with Crippen LogP contribution in [0.25, 0.3) is 0 Å². The van der Waals surface area contributed by atoms with Crippen molar-refractivity contribution in [2.24, 2.45) is 9.81 Å². The van der Waals surface area contributed by atoms with Crippen molar-refractivity contribution in [3.63, 3.8) is 0 Å². The molecule has 0 spiro atoms. The normalized spacial score (nSPS) is 20.7. The van der Waals surface area contributed by atoms with Crippen LogP contribution in [0.4, 0.5) is 0 Å². The predicted octanol–water partition coefficient (Wildman–Crippen LogP) is 3.50. The van der Waals surface area contributed by atoms with Crippen LogP contribution < -0.4 is 0 Å². The predicted molar refractivity (Wildman–Crippen MR) is 78.0 cm³/mol. The fourth-order valence-corrected chi connectivity index (χ4v) is 2.98. The molecule has 0 aromatic heterocycles. The molecular formula is C15H19NO2S. The maximum absolute atomic E-state index is 12.2. The number of hydrogen-bond donors (Lipinski definition) is 0. The lowest BCUT2D eigenvalue weighted by Crippen LogP contribution is -2.16. The van der Waals surface area contributed by atoms with E-state index in [1.807, 2.05) is 19.1 Å². The summed E-state index contributed by atoms with van der Waals surface area (Å²) in [5.74, 6) is 0. The van der Waals surface area contributed by atoms with Gasteiger partial charge in [0.25, 0.3) is 10.0 Å². The molecule has 4 heteroatoms. The van der Waals surface area contributed by atoms with Gasteiger partial charge in [-0.25, -0.2) is 0 Å². The Kier molecular flexibility index (Phi) is 3.63. The van der Waals surface area contributed by atoms with E-state index in [9.17, 15) is 8.42 Å². The van der Waals surface area contributed by atoms with Crippen LogP contribution in [0.2, 0.25) is 0 Å². The lowest BCUT2D eigenvalue weighted by atomic mass is 9.82. The van der Waals surface area contributed by atoms with Crippen molar-refractivity contribution in [2.75, 3.05) is 0 Å². The minimum Gasteiger partial charge on any atom is -0.199 e. The molecule has 1 aromatic rings. The largest absolute Gasteiger partial charge is 0.282 e. The fraction of sp³-hybridized carbons (Fsp3) is 0.400. The van der Waals surface area contributed by atoms with Crippen molar-refractivity contribution in [1.82, 2.24) is 0 Å². The SMILES string of the molecule is Cc1ccc(S(=O)(=O)/N=C2\C=CC(C)(C)CC2)cc1.